The Morgan fingerprint density at radius 3 is 2.53 bits per heavy atom. The van der Waals surface area contributed by atoms with E-state index in [1.807, 2.05) is 0 Å². The molecule has 19 heavy (non-hydrogen) atoms. The van der Waals surface area contributed by atoms with Gasteiger partial charge in [0.05, 0.1) is 0 Å². The molecule has 1 heteroatoms. The van der Waals surface area contributed by atoms with E-state index in [2.05, 4.69) is 58.1 Å². The van der Waals surface area contributed by atoms with Crippen molar-refractivity contribution in [2.45, 2.75) is 66.0 Å². The second-order valence-electron chi connectivity index (χ2n) is 6.44. The number of hydrogen-bond donors (Lipinski definition) is 1. The van der Waals surface area contributed by atoms with Crippen LogP contribution in [0.2, 0.25) is 0 Å². The van der Waals surface area contributed by atoms with Crippen LogP contribution >= 0.6 is 0 Å². The Hall–Kier alpha value is -0.820. The van der Waals surface area contributed by atoms with Gasteiger partial charge in [-0.15, -0.1) is 0 Å². The molecule has 1 aromatic rings. The molecule has 0 bridgehead atoms. The van der Waals surface area contributed by atoms with Crippen LogP contribution in [-0.2, 0) is 0 Å². The highest BCUT2D eigenvalue weighted by Crippen LogP contribution is 2.35. The van der Waals surface area contributed by atoms with E-state index in [1.54, 1.807) is 0 Å². The summed E-state index contributed by atoms with van der Waals surface area (Å²) in [7, 11) is 0. The highest BCUT2D eigenvalue weighted by Gasteiger charge is 2.32. The van der Waals surface area contributed by atoms with Crippen LogP contribution in [-0.4, -0.2) is 6.04 Å². The molecule has 0 spiro atoms. The Morgan fingerprint density at radius 2 is 1.95 bits per heavy atom. The molecule has 0 amide bonds. The van der Waals surface area contributed by atoms with Gasteiger partial charge in [0.15, 0.2) is 0 Å². The summed E-state index contributed by atoms with van der Waals surface area (Å²) >= 11 is 0. The Kier molecular flexibility index (Phi) is 4.67. The van der Waals surface area contributed by atoms with Crippen molar-refractivity contribution >= 4 is 0 Å². The molecule has 1 aliphatic rings. The third-order valence-electron chi connectivity index (χ3n) is 5.25. The molecule has 0 radical (unpaired) electrons. The first-order chi connectivity index (χ1) is 9.02. The van der Waals surface area contributed by atoms with E-state index >= 15 is 0 Å². The Labute approximate surface area is 118 Å². The van der Waals surface area contributed by atoms with Gasteiger partial charge in [-0.3, -0.25) is 0 Å². The SMILES string of the molecule is CCC1CCC(NC(C)c2ccc(C)c(C)c2)C1C. The average molecular weight is 259 g/mol. The molecule has 106 valence electrons. The summed E-state index contributed by atoms with van der Waals surface area (Å²) in [6.07, 6.45) is 4.07. The van der Waals surface area contributed by atoms with Crippen molar-refractivity contribution in [3.63, 3.8) is 0 Å². The fraction of sp³-hybridized carbons (Fsp3) is 0.667. The van der Waals surface area contributed by atoms with Crippen molar-refractivity contribution in [2.24, 2.45) is 11.8 Å². The summed E-state index contributed by atoms with van der Waals surface area (Å²) in [5, 5.41) is 3.86. The predicted molar refractivity (Wildman–Crippen MR) is 83.4 cm³/mol. The number of rotatable bonds is 4. The zero-order valence-corrected chi connectivity index (χ0v) is 13.2. The van der Waals surface area contributed by atoms with Gasteiger partial charge < -0.3 is 5.32 Å². The van der Waals surface area contributed by atoms with E-state index in [0.717, 1.165) is 11.8 Å². The quantitative estimate of drug-likeness (QED) is 0.820. The van der Waals surface area contributed by atoms with Gasteiger partial charge in [0.2, 0.25) is 0 Å². The first-order valence-corrected chi connectivity index (χ1v) is 7.86. The third-order valence-corrected chi connectivity index (χ3v) is 5.25. The number of aryl methyl sites for hydroxylation is 2. The molecule has 1 nitrogen and oxygen atoms in total. The number of benzene rings is 1. The van der Waals surface area contributed by atoms with Crippen LogP contribution in [0.3, 0.4) is 0 Å². The maximum Gasteiger partial charge on any atom is 0.0294 e. The second-order valence-corrected chi connectivity index (χ2v) is 6.44. The standard InChI is InChI=1S/C18H29N/c1-6-16-9-10-18(14(16)4)19-15(5)17-8-7-12(2)13(3)11-17/h7-8,11,14-16,18-19H,6,9-10H2,1-5H3. The monoisotopic (exact) mass is 259 g/mol. The fourth-order valence-corrected chi connectivity index (χ4v) is 3.51. The van der Waals surface area contributed by atoms with Gasteiger partial charge in [0, 0.05) is 12.1 Å². The van der Waals surface area contributed by atoms with Crippen molar-refractivity contribution in [3.8, 4) is 0 Å². The van der Waals surface area contributed by atoms with Crippen LogP contribution < -0.4 is 5.32 Å². The molecular formula is C18H29N. The van der Waals surface area contributed by atoms with E-state index in [-0.39, 0.29) is 0 Å². The highest BCUT2D eigenvalue weighted by atomic mass is 15.0. The van der Waals surface area contributed by atoms with Gasteiger partial charge in [-0.05, 0) is 62.1 Å². The summed E-state index contributed by atoms with van der Waals surface area (Å²) in [5.74, 6) is 1.74. The van der Waals surface area contributed by atoms with Crippen molar-refractivity contribution < 1.29 is 0 Å². The van der Waals surface area contributed by atoms with Crippen LogP contribution in [0.25, 0.3) is 0 Å². The van der Waals surface area contributed by atoms with E-state index < -0.39 is 0 Å². The molecule has 4 atom stereocenters. The van der Waals surface area contributed by atoms with Crippen LogP contribution in [0.1, 0.15) is 62.8 Å². The predicted octanol–water partition coefficient (Wildman–Crippen LogP) is 4.78. The maximum atomic E-state index is 3.86. The molecule has 0 aliphatic heterocycles. The normalized spacial score (nSPS) is 28.6. The summed E-state index contributed by atoms with van der Waals surface area (Å²) in [6.45, 7) is 11.4. The van der Waals surface area contributed by atoms with Gasteiger partial charge in [-0.2, -0.15) is 0 Å². The van der Waals surface area contributed by atoms with Crippen molar-refractivity contribution in [2.75, 3.05) is 0 Å². The van der Waals surface area contributed by atoms with Crippen molar-refractivity contribution in [3.05, 3.63) is 34.9 Å². The van der Waals surface area contributed by atoms with Crippen LogP contribution in [0.4, 0.5) is 0 Å². The first kappa shape index (κ1) is 14.6. The largest absolute Gasteiger partial charge is 0.307 e. The first-order valence-electron chi connectivity index (χ1n) is 7.86. The van der Waals surface area contributed by atoms with Gasteiger partial charge in [0.1, 0.15) is 0 Å². The lowest BCUT2D eigenvalue weighted by Gasteiger charge is -2.25. The summed E-state index contributed by atoms with van der Waals surface area (Å²) < 4.78 is 0. The Balaban J connectivity index is 2.01. The van der Waals surface area contributed by atoms with Crippen molar-refractivity contribution in [1.29, 1.82) is 0 Å². The molecule has 0 heterocycles. The minimum absolute atomic E-state index is 0.461. The van der Waals surface area contributed by atoms with Crippen LogP contribution in [0, 0.1) is 25.7 Å². The van der Waals surface area contributed by atoms with E-state index in [1.165, 1.54) is 36.0 Å². The summed E-state index contributed by atoms with van der Waals surface area (Å²) in [5.41, 5.74) is 4.21. The minimum Gasteiger partial charge on any atom is -0.307 e. The average Bonchev–Trinajstić information content (AvgIpc) is 2.73. The van der Waals surface area contributed by atoms with E-state index in [0.29, 0.717) is 12.1 Å². The van der Waals surface area contributed by atoms with Crippen LogP contribution in [0.5, 0.6) is 0 Å². The molecule has 1 aliphatic carbocycles. The zero-order chi connectivity index (χ0) is 14.0. The van der Waals surface area contributed by atoms with Gasteiger partial charge >= 0.3 is 0 Å². The molecular weight excluding hydrogens is 230 g/mol. The van der Waals surface area contributed by atoms with Crippen molar-refractivity contribution in [1.82, 2.24) is 5.32 Å². The smallest absolute Gasteiger partial charge is 0.0294 e. The molecule has 1 aromatic carbocycles. The topological polar surface area (TPSA) is 12.0 Å². The fourth-order valence-electron chi connectivity index (χ4n) is 3.51. The highest BCUT2D eigenvalue weighted by molar-refractivity contribution is 5.31. The molecule has 1 fully saturated rings. The second kappa shape index (κ2) is 6.09. The molecule has 2 rings (SSSR count). The number of hydrogen-bond acceptors (Lipinski definition) is 1. The Bertz CT molecular complexity index is 424. The Morgan fingerprint density at radius 1 is 1.21 bits per heavy atom. The zero-order valence-electron chi connectivity index (χ0n) is 13.2. The lowest BCUT2D eigenvalue weighted by molar-refractivity contribution is 0.327. The molecule has 0 saturated heterocycles. The van der Waals surface area contributed by atoms with Crippen LogP contribution in [0.15, 0.2) is 18.2 Å². The van der Waals surface area contributed by atoms with Gasteiger partial charge in [-0.25, -0.2) is 0 Å². The third kappa shape index (κ3) is 3.20. The summed E-state index contributed by atoms with van der Waals surface area (Å²) in [6, 6.07) is 8.01. The number of nitrogens with one attached hydrogen (secondary N) is 1. The van der Waals surface area contributed by atoms with Gasteiger partial charge in [0.25, 0.3) is 0 Å². The molecule has 1 N–H and O–H groups in total. The molecule has 0 aromatic heterocycles. The molecule has 1 saturated carbocycles. The van der Waals surface area contributed by atoms with E-state index in [4.69, 9.17) is 0 Å². The van der Waals surface area contributed by atoms with Gasteiger partial charge in [-0.1, -0.05) is 38.5 Å². The lowest BCUT2D eigenvalue weighted by Crippen LogP contribution is -2.34. The van der Waals surface area contributed by atoms with E-state index in [9.17, 15) is 0 Å². The maximum absolute atomic E-state index is 3.86. The molecule has 4 unspecified atom stereocenters. The minimum atomic E-state index is 0.461. The lowest BCUT2D eigenvalue weighted by atomic mass is 9.93. The summed E-state index contributed by atoms with van der Waals surface area (Å²) in [4.78, 5) is 0.